The molecular weight excluding hydrogens is 273 g/mol. The van der Waals surface area contributed by atoms with Gasteiger partial charge >= 0.3 is 5.97 Å². The number of rotatable bonds is 5. The fraction of sp³-hybridized carbons (Fsp3) is 0.125. The van der Waals surface area contributed by atoms with E-state index in [1.54, 1.807) is 24.3 Å². The summed E-state index contributed by atoms with van der Waals surface area (Å²) >= 11 is 0. The Labute approximate surface area is 121 Å². The molecule has 0 aromatic heterocycles. The summed E-state index contributed by atoms with van der Waals surface area (Å²) in [5.74, 6) is -1.25. The zero-order valence-electron chi connectivity index (χ0n) is 11.2. The quantitative estimate of drug-likeness (QED) is 0.857. The van der Waals surface area contributed by atoms with E-state index in [1.807, 2.05) is 0 Å². The molecule has 2 rings (SSSR count). The van der Waals surface area contributed by atoms with Crippen molar-refractivity contribution in [2.24, 2.45) is 5.73 Å². The average Bonchev–Trinajstić information content (AvgIpc) is 2.48. The van der Waals surface area contributed by atoms with Crippen LogP contribution in [0.3, 0.4) is 0 Å². The highest BCUT2D eigenvalue weighted by atomic mass is 19.1. The summed E-state index contributed by atoms with van der Waals surface area (Å²) in [5.41, 5.74) is 6.97. The Hall–Kier alpha value is -2.69. The van der Waals surface area contributed by atoms with E-state index < -0.39 is 11.9 Å². The van der Waals surface area contributed by atoms with E-state index in [9.17, 15) is 14.0 Å². The highest BCUT2D eigenvalue weighted by Crippen LogP contribution is 2.08. The zero-order valence-corrected chi connectivity index (χ0v) is 11.2. The van der Waals surface area contributed by atoms with Crippen molar-refractivity contribution in [3.8, 4) is 0 Å². The fourth-order valence-electron chi connectivity index (χ4n) is 1.75. The molecule has 108 valence electrons. The van der Waals surface area contributed by atoms with Crippen LogP contribution in [0.15, 0.2) is 48.5 Å². The molecule has 0 aliphatic carbocycles. The Morgan fingerprint density at radius 2 is 1.52 bits per heavy atom. The summed E-state index contributed by atoms with van der Waals surface area (Å²) in [5, 5.41) is 0. The maximum atomic E-state index is 12.7. The lowest BCUT2D eigenvalue weighted by atomic mass is 10.1. The van der Waals surface area contributed by atoms with Crippen molar-refractivity contribution < 1.29 is 18.7 Å². The van der Waals surface area contributed by atoms with Gasteiger partial charge < -0.3 is 10.5 Å². The number of carbonyl (C=O) groups is 2. The fourth-order valence-corrected chi connectivity index (χ4v) is 1.75. The third-order valence-electron chi connectivity index (χ3n) is 2.90. The Balaban J connectivity index is 1.86. The van der Waals surface area contributed by atoms with E-state index in [-0.39, 0.29) is 18.8 Å². The Morgan fingerprint density at radius 3 is 2.10 bits per heavy atom. The molecule has 0 heterocycles. The lowest BCUT2D eigenvalue weighted by Crippen LogP contribution is -2.11. The minimum atomic E-state index is -0.505. The van der Waals surface area contributed by atoms with Gasteiger partial charge in [0.15, 0.2) is 0 Å². The van der Waals surface area contributed by atoms with Crippen LogP contribution in [0.4, 0.5) is 4.39 Å². The van der Waals surface area contributed by atoms with Gasteiger partial charge in [0.05, 0.1) is 6.42 Å². The highest BCUT2D eigenvalue weighted by molar-refractivity contribution is 5.92. The first-order valence-corrected chi connectivity index (χ1v) is 6.33. The van der Waals surface area contributed by atoms with Crippen molar-refractivity contribution in [1.82, 2.24) is 0 Å². The third kappa shape index (κ3) is 4.42. The van der Waals surface area contributed by atoms with Crippen molar-refractivity contribution in [3.63, 3.8) is 0 Å². The van der Waals surface area contributed by atoms with Gasteiger partial charge in [-0.05, 0) is 35.4 Å². The van der Waals surface area contributed by atoms with Gasteiger partial charge in [-0.25, -0.2) is 4.39 Å². The van der Waals surface area contributed by atoms with Gasteiger partial charge in [-0.2, -0.15) is 0 Å². The summed E-state index contributed by atoms with van der Waals surface area (Å²) in [4.78, 5) is 22.6. The molecule has 0 radical (unpaired) electrons. The molecule has 4 nitrogen and oxygen atoms in total. The number of halogens is 1. The highest BCUT2D eigenvalue weighted by Gasteiger charge is 2.06. The van der Waals surface area contributed by atoms with Crippen molar-refractivity contribution in [2.45, 2.75) is 13.0 Å². The van der Waals surface area contributed by atoms with Crippen LogP contribution < -0.4 is 5.73 Å². The van der Waals surface area contributed by atoms with Crippen molar-refractivity contribution in [2.75, 3.05) is 0 Å². The lowest BCUT2D eigenvalue weighted by Gasteiger charge is -2.05. The normalized spacial score (nSPS) is 10.1. The number of primary amides is 1. The van der Waals surface area contributed by atoms with Crippen LogP contribution in [0.25, 0.3) is 0 Å². The summed E-state index contributed by atoms with van der Waals surface area (Å²) in [7, 11) is 0. The second-order valence-corrected chi connectivity index (χ2v) is 4.53. The van der Waals surface area contributed by atoms with Gasteiger partial charge in [0.2, 0.25) is 5.91 Å². The number of carbonyl (C=O) groups excluding carboxylic acids is 2. The number of nitrogens with two attached hydrogens (primary N) is 1. The molecule has 0 atom stereocenters. The number of esters is 1. The first-order valence-electron chi connectivity index (χ1n) is 6.33. The van der Waals surface area contributed by atoms with Gasteiger partial charge in [-0.1, -0.05) is 24.3 Å². The lowest BCUT2D eigenvalue weighted by molar-refractivity contribution is -0.144. The van der Waals surface area contributed by atoms with Crippen molar-refractivity contribution in [1.29, 1.82) is 0 Å². The van der Waals surface area contributed by atoms with Gasteiger partial charge in [0.1, 0.15) is 12.4 Å². The van der Waals surface area contributed by atoms with Crippen LogP contribution >= 0.6 is 0 Å². The first kappa shape index (κ1) is 14.7. The SMILES string of the molecule is NC(=O)c1ccc(COC(=O)Cc2ccc(F)cc2)cc1. The van der Waals surface area contributed by atoms with E-state index in [2.05, 4.69) is 0 Å². The Kier molecular flexibility index (Phi) is 4.66. The number of hydrogen-bond acceptors (Lipinski definition) is 3. The van der Waals surface area contributed by atoms with Gasteiger partial charge in [0.25, 0.3) is 0 Å². The molecule has 2 aromatic carbocycles. The van der Waals surface area contributed by atoms with Crippen molar-refractivity contribution in [3.05, 3.63) is 71.0 Å². The summed E-state index contributed by atoms with van der Waals surface area (Å²) in [6, 6.07) is 12.2. The summed E-state index contributed by atoms with van der Waals surface area (Å²) in [6.07, 6.45) is 0.0830. The number of hydrogen-bond donors (Lipinski definition) is 1. The maximum Gasteiger partial charge on any atom is 0.310 e. The topological polar surface area (TPSA) is 69.4 Å². The molecule has 21 heavy (non-hydrogen) atoms. The minimum absolute atomic E-state index is 0.0830. The molecule has 2 aromatic rings. The third-order valence-corrected chi connectivity index (χ3v) is 2.90. The molecular formula is C16H14FNO3. The summed E-state index contributed by atoms with van der Waals surface area (Å²) < 4.78 is 17.8. The van der Waals surface area contributed by atoms with E-state index in [0.29, 0.717) is 11.1 Å². The molecule has 0 aliphatic rings. The molecule has 0 saturated carbocycles. The predicted molar refractivity (Wildman–Crippen MR) is 74.9 cm³/mol. The van der Waals surface area contributed by atoms with Gasteiger partial charge in [0, 0.05) is 5.56 Å². The first-order chi connectivity index (χ1) is 10.0. The molecule has 0 bridgehead atoms. The predicted octanol–water partition coefficient (Wildman–Crippen LogP) is 2.21. The van der Waals surface area contributed by atoms with Crippen LogP contribution in [0, 0.1) is 5.82 Å². The zero-order chi connectivity index (χ0) is 15.2. The molecule has 2 N–H and O–H groups in total. The van der Waals surface area contributed by atoms with E-state index in [4.69, 9.17) is 10.5 Å². The summed E-state index contributed by atoms with van der Waals surface area (Å²) in [6.45, 7) is 0.110. The van der Waals surface area contributed by atoms with Crippen LogP contribution in [0.5, 0.6) is 0 Å². The van der Waals surface area contributed by atoms with E-state index >= 15 is 0 Å². The molecule has 0 fully saturated rings. The molecule has 0 saturated heterocycles. The molecule has 5 heteroatoms. The van der Waals surface area contributed by atoms with Gasteiger partial charge in [-0.15, -0.1) is 0 Å². The smallest absolute Gasteiger partial charge is 0.310 e. The minimum Gasteiger partial charge on any atom is -0.461 e. The molecule has 0 aliphatic heterocycles. The number of amides is 1. The van der Waals surface area contributed by atoms with Crippen molar-refractivity contribution >= 4 is 11.9 Å². The average molecular weight is 287 g/mol. The monoisotopic (exact) mass is 287 g/mol. The van der Waals surface area contributed by atoms with Crippen LogP contribution in [-0.2, 0) is 22.6 Å². The van der Waals surface area contributed by atoms with Gasteiger partial charge in [-0.3, -0.25) is 9.59 Å². The second kappa shape index (κ2) is 6.65. The van der Waals surface area contributed by atoms with Crippen LogP contribution in [0.2, 0.25) is 0 Å². The standard InChI is InChI=1S/C16H14FNO3/c17-14-7-3-11(4-8-14)9-15(19)21-10-12-1-5-13(6-2-12)16(18)20/h1-8H,9-10H2,(H2,18,20). The Bertz CT molecular complexity index is 636. The second-order valence-electron chi connectivity index (χ2n) is 4.53. The van der Waals surface area contributed by atoms with E-state index in [1.165, 1.54) is 24.3 Å². The number of ether oxygens (including phenoxy) is 1. The maximum absolute atomic E-state index is 12.7. The number of benzene rings is 2. The molecule has 0 unspecified atom stereocenters. The largest absolute Gasteiger partial charge is 0.461 e. The van der Waals surface area contributed by atoms with Crippen LogP contribution in [0.1, 0.15) is 21.5 Å². The Morgan fingerprint density at radius 1 is 0.952 bits per heavy atom. The molecule has 1 amide bonds. The van der Waals surface area contributed by atoms with Crippen LogP contribution in [-0.4, -0.2) is 11.9 Å². The molecule has 0 spiro atoms. The van der Waals surface area contributed by atoms with E-state index in [0.717, 1.165) is 5.56 Å².